The molecule has 0 saturated carbocycles. The van der Waals surface area contributed by atoms with E-state index in [1.54, 1.807) is 12.1 Å². The van der Waals surface area contributed by atoms with Crippen LogP contribution in [0.1, 0.15) is 5.69 Å². The topological polar surface area (TPSA) is 90.3 Å². The Labute approximate surface area is 203 Å². The fraction of sp³-hybridized carbons (Fsp3) is 0.0500. The summed E-state index contributed by atoms with van der Waals surface area (Å²) in [6.45, 7) is 1.95. The van der Waals surface area contributed by atoms with Crippen molar-refractivity contribution >= 4 is 29.1 Å². The summed E-state index contributed by atoms with van der Waals surface area (Å²) in [6, 6.07) is 21.1. The van der Waals surface area contributed by atoms with Gasteiger partial charge in [0.15, 0.2) is 11.6 Å². The van der Waals surface area contributed by atoms with Crippen LogP contribution in [0.15, 0.2) is 76.7 Å². The Morgan fingerprint density at radius 3 is 2.36 bits per heavy atom. The molecule has 0 amide bonds. The van der Waals surface area contributed by atoms with E-state index in [0.717, 1.165) is 21.2 Å². The predicted molar refractivity (Wildman–Crippen MR) is 109 cm³/mol. The van der Waals surface area contributed by atoms with Crippen LogP contribution in [0.2, 0.25) is 0 Å². The van der Waals surface area contributed by atoms with Crippen molar-refractivity contribution in [2.75, 3.05) is 5.32 Å². The zero-order valence-corrected chi connectivity index (χ0v) is 20.7. The molecule has 8 heteroatoms. The summed E-state index contributed by atoms with van der Waals surface area (Å²) in [5.41, 5.74) is 10.0. The smallest absolute Gasteiger partial charge is 0.162 e. The summed E-state index contributed by atoms with van der Waals surface area (Å²) in [5, 5.41) is 11.2. The van der Waals surface area contributed by atoms with Crippen LogP contribution in [0, 0.1) is 51.0 Å². The molecule has 4 rings (SSSR count). The van der Waals surface area contributed by atoms with Gasteiger partial charge in [-0.15, -0.1) is 5.69 Å². The fourth-order valence-corrected chi connectivity index (χ4v) is 3.33. The van der Waals surface area contributed by atoms with E-state index in [1.165, 1.54) is 11.8 Å². The van der Waals surface area contributed by atoms with Crippen molar-refractivity contribution in [3.05, 3.63) is 78.2 Å². The van der Waals surface area contributed by atoms with Gasteiger partial charge in [-0.2, -0.15) is 5.10 Å². The Morgan fingerprint density at radius 1 is 0.929 bits per heavy atom. The summed E-state index contributed by atoms with van der Waals surface area (Å²) >= 11 is 1.53. The summed E-state index contributed by atoms with van der Waals surface area (Å²) in [4.78, 5) is 10.4. The zero-order chi connectivity index (χ0) is 18.6. The van der Waals surface area contributed by atoms with E-state index < -0.39 is 0 Å². The average molecular weight is 600 g/mol. The Bertz CT molecular complexity index is 1050. The van der Waals surface area contributed by atoms with Gasteiger partial charge in [-0.1, -0.05) is 54.2 Å². The molecule has 2 aromatic carbocycles. The fourth-order valence-electron chi connectivity index (χ4n) is 2.51. The van der Waals surface area contributed by atoms with Crippen LogP contribution in [0.25, 0.3) is 17.1 Å². The molecule has 137 valence electrons. The van der Waals surface area contributed by atoms with Crippen LogP contribution in [0.4, 0.5) is 17.3 Å². The van der Waals surface area contributed by atoms with Crippen molar-refractivity contribution in [1.82, 2.24) is 20.2 Å². The number of hydrogen-bond acceptors (Lipinski definition) is 5. The minimum absolute atomic E-state index is 0. The van der Waals surface area contributed by atoms with E-state index in [4.69, 9.17) is 10.7 Å². The number of hydrogen-bond donors (Lipinski definition) is 2. The summed E-state index contributed by atoms with van der Waals surface area (Å²) < 4.78 is 0. The second-order valence-electron chi connectivity index (χ2n) is 5.97. The number of H-pyrrole nitrogens is 1. The van der Waals surface area contributed by atoms with Gasteiger partial charge in [0.05, 0.1) is 0 Å². The van der Waals surface area contributed by atoms with Gasteiger partial charge in [0, 0.05) is 72.3 Å². The maximum atomic E-state index is 7.62. The quantitative estimate of drug-likeness (QED) is 0.285. The van der Waals surface area contributed by atoms with Crippen LogP contribution in [0.5, 0.6) is 0 Å². The molecule has 3 N–H and O–H groups in total. The summed E-state index contributed by atoms with van der Waals surface area (Å²) in [7, 11) is 0. The molecule has 0 saturated heterocycles. The number of aromatic amines is 1. The van der Waals surface area contributed by atoms with E-state index >= 15 is 0 Å². The van der Waals surface area contributed by atoms with E-state index in [1.807, 2.05) is 61.5 Å². The van der Waals surface area contributed by atoms with Crippen LogP contribution >= 0.6 is 11.8 Å². The molecule has 1 radical (unpaired) electrons. The van der Waals surface area contributed by atoms with Gasteiger partial charge < -0.3 is 11.1 Å². The second kappa shape index (κ2) is 9.55. The van der Waals surface area contributed by atoms with E-state index in [9.17, 15) is 0 Å². The molecule has 0 bridgehead atoms. The third-order valence-electron chi connectivity index (χ3n) is 3.77. The summed E-state index contributed by atoms with van der Waals surface area (Å²) in [6.07, 6.45) is 0. The van der Waals surface area contributed by atoms with Gasteiger partial charge >= 0.3 is 0 Å². The molecule has 0 spiro atoms. The van der Waals surface area contributed by atoms with Crippen molar-refractivity contribution in [2.45, 2.75) is 16.8 Å². The Hall–Kier alpha value is -1.88. The molecule has 4 aromatic rings. The first kappa shape index (κ1) is 20.8. The number of benzene rings is 2. The van der Waals surface area contributed by atoms with Gasteiger partial charge in [-0.25, -0.2) is 9.97 Å². The molecule has 6 nitrogen and oxygen atoms in total. The van der Waals surface area contributed by atoms with Gasteiger partial charge in [0.25, 0.3) is 0 Å². The first-order valence-electron chi connectivity index (χ1n) is 8.39. The average Bonchev–Trinajstić information content (AvgIpc) is 3.09. The SMILES string of the molecule is Cc1cc(Nc2cc(Sc3ccc([NH-])cc3)nc(-c3ccccc3)n2)n[nH]1.[Ac]. The van der Waals surface area contributed by atoms with Gasteiger partial charge in [0.1, 0.15) is 10.8 Å². The first-order valence-corrected chi connectivity index (χ1v) is 9.20. The summed E-state index contributed by atoms with van der Waals surface area (Å²) in [5.74, 6) is 2.03. The molecule has 2 heterocycles. The van der Waals surface area contributed by atoms with Gasteiger partial charge in [-0.05, 0) is 19.1 Å². The van der Waals surface area contributed by atoms with E-state index in [0.29, 0.717) is 23.1 Å². The zero-order valence-electron chi connectivity index (χ0n) is 15.2. The van der Waals surface area contributed by atoms with Crippen molar-refractivity contribution in [2.24, 2.45) is 0 Å². The van der Waals surface area contributed by atoms with Crippen molar-refractivity contribution in [3.8, 4) is 11.4 Å². The van der Waals surface area contributed by atoms with Gasteiger partial charge in [-0.3, -0.25) is 5.10 Å². The number of rotatable bonds is 5. The number of nitrogens with zero attached hydrogens (tertiary/aromatic N) is 3. The Morgan fingerprint density at radius 2 is 1.68 bits per heavy atom. The molecule has 0 aliphatic rings. The minimum Gasteiger partial charge on any atom is -0.699 e. The molecule has 28 heavy (non-hydrogen) atoms. The van der Waals surface area contributed by atoms with Crippen LogP contribution < -0.4 is 5.32 Å². The molecular weight excluding hydrogens is 583 g/mol. The molecule has 2 aromatic heterocycles. The van der Waals surface area contributed by atoms with Crippen LogP contribution in [-0.4, -0.2) is 20.2 Å². The third-order valence-corrected chi connectivity index (χ3v) is 4.70. The Balaban J connectivity index is 0.00000225. The normalized spacial score (nSPS) is 10.3. The van der Waals surface area contributed by atoms with E-state index in [2.05, 4.69) is 20.5 Å². The molecule has 0 fully saturated rings. The van der Waals surface area contributed by atoms with Crippen molar-refractivity contribution < 1.29 is 44.1 Å². The van der Waals surface area contributed by atoms with E-state index in [-0.39, 0.29) is 44.1 Å². The molecule has 0 aliphatic carbocycles. The standard InChI is InChI=1S/C20H17N6S.Ac/c1-13-11-18(26-25-13)22-17-12-19(27-16-9-7-15(21)8-10-16)24-20(23-17)14-5-3-2-4-6-14;/h2-12,21H,1H3,(H2,22,23,24,25,26);/q-1;. The number of aromatic nitrogens is 4. The second-order valence-corrected chi connectivity index (χ2v) is 7.06. The number of aryl methyl sites for hydroxylation is 1. The maximum Gasteiger partial charge on any atom is 0.162 e. The first-order chi connectivity index (χ1) is 13.2. The van der Waals surface area contributed by atoms with Crippen molar-refractivity contribution in [1.29, 1.82) is 0 Å². The largest absolute Gasteiger partial charge is 0.699 e. The van der Waals surface area contributed by atoms with Crippen LogP contribution in [0.3, 0.4) is 0 Å². The minimum atomic E-state index is 0. The third kappa shape index (κ3) is 5.34. The van der Waals surface area contributed by atoms with Crippen molar-refractivity contribution in [3.63, 3.8) is 0 Å². The number of nitrogens with one attached hydrogen (secondary N) is 3. The van der Waals surface area contributed by atoms with Gasteiger partial charge in [0.2, 0.25) is 0 Å². The van der Waals surface area contributed by atoms with Crippen LogP contribution in [-0.2, 0) is 0 Å². The Kier molecular flexibility index (Phi) is 7.11. The molecule has 0 unspecified atom stereocenters. The molecule has 0 aliphatic heterocycles. The maximum absolute atomic E-state index is 7.62. The monoisotopic (exact) mass is 600 g/mol. The molecular formula is C20H17AcN6S-. The number of anilines is 2. The predicted octanol–water partition coefficient (Wildman–Crippen LogP) is 5.75. The molecule has 0 atom stereocenters.